The fourth-order valence-electron chi connectivity index (χ4n) is 2.59. The van der Waals surface area contributed by atoms with Gasteiger partial charge in [-0.15, -0.1) is 0 Å². The predicted octanol–water partition coefficient (Wildman–Crippen LogP) is 2.99. The standard InChI is InChI=1S/C18H32N2O/c1-6-17(3,4)20(5)14-13-18(15-21,19-7-2)16-11-9-8-10-12-16/h8-12,19,21H,6-7,13-15H2,1-5H3. The number of aliphatic hydroxyl groups is 1. The molecule has 0 fully saturated rings. The highest BCUT2D eigenvalue weighted by Gasteiger charge is 2.32. The molecule has 0 aliphatic rings. The van der Waals surface area contributed by atoms with Gasteiger partial charge < -0.3 is 15.3 Å². The molecule has 0 aliphatic carbocycles. The van der Waals surface area contributed by atoms with Gasteiger partial charge in [0.1, 0.15) is 0 Å². The van der Waals surface area contributed by atoms with Crippen LogP contribution in [0, 0.1) is 0 Å². The van der Waals surface area contributed by atoms with E-state index in [1.54, 1.807) is 0 Å². The van der Waals surface area contributed by atoms with Gasteiger partial charge in [0.05, 0.1) is 12.1 Å². The second-order valence-electron chi connectivity index (χ2n) is 6.47. The van der Waals surface area contributed by atoms with Crippen molar-refractivity contribution < 1.29 is 5.11 Å². The summed E-state index contributed by atoms with van der Waals surface area (Å²) in [5, 5.41) is 13.6. The first-order valence-electron chi connectivity index (χ1n) is 8.04. The van der Waals surface area contributed by atoms with Crippen LogP contribution >= 0.6 is 0 Å². The van der Waals surface area contributed by atoms with Gasteiger partial charge in [-0.1, -0.05) is 44.2 Å². The molecular weight excluding hydrogens is 260 g/mol. The van der Waals surface area contributed by atoms with E-state index < -0.39 is 0 Å². The van der Waals surface area contributed by atoms with Crippen molar-refractivity contribution in [1.29, 1.82) is 0 Å². The second kappa shape index (κ2) is 7.92. The van der Waals surface area contributed by atoms with E-state index in [4.69, 9.17) is 0 Å². The zero-order valence-corrected chi connectivity index (χ0v) is 14.3. The Morgan fingerprint density at radius 2 is 1.76 bits per heavy atom. The van der Waals surface area contributed by atoms with E-state index in [1.807, 2.05) is 18.2 Å². The van der Waals surface area contributed by atoms with E-state index >= 15 is 0 Å². The number of rotatable bonds is 9. The summed E-state index contributed by atoms with van der Waals surface area (Å²) in [5.74, 6) is 0. The van der Waals surface area contributed by atoms with Gasteiger partial charge in [-0.3, -0.25) is 0 Å². The molecule has 1 rings (SSSR count). The van der Waals surface area contributed by atoms with Crippen molar-refractivity contribution in [2.75, 3.05) is 26.7 Å². The Hall–Kier alpha value is -0.900. The minimum Gasteiger partial charge on any atom is -0.394 e. The average molecular weight is 292 g/mol. The highest BCUT2D eigenvalue weighted by molar-refractivity contribution is 5.24. The summed E-state index contributed by atoms with van der Waals surface area (Å²) in [6, 6.07) is 10.3. The molecule has 0 saturated carbocycles. The number of aliphatic hydroxyl groups excluding tert-OH is 1. The van der Waals surface area contributed by atoms with Crippen molar-refractivity contribution in [3.8, 4) is 0 Å². The van der Waals surface area contributed by atoms with Crippen LogP contribution < -0.4 is 5.32 Å². The van der Waals surface area contributed by atoms with Crippen molar-refractivity contribution in [2.24, 2.45) is 0 Å². The maximum atomic E-state index is 10.1. The fraction of sp³-hybridized carbons (Fsp3) is 0.667. The lowest BCUT2D eigenvalue weighted by molar-refractivity contribution is 0.101. The van der Waals surface area contributed by atoms with Gasteiger partial charge in [0, 0.05) is 12.1 Å². The Morgan fingerprint density at radius 3 is 2.24 bits per heavy atom. The maximum Gasteiger partial charge on any atom is 0.0681 e. The van der Waals surface area contributed by atoms with Gasteiger partial charge in [-0.2, -0.15) is 0 Å². The lowest BCUT2D eigenvalue weighted by Gasteiger charge is -2.39. The van der Waals surface area contributed by atoms with Gasteiger partial charge in [-0.05, 0) is 45.8 Å². The van der Waals surface area contributed by atoms with Gasteiger partial charge in [0.25, 0.3) is 0 Å². The fourth-order valence-corrected chi connectivity index (χ4v) is 2.59. The minimum absolute atomic E-state index is 0.116. The summed E-state index contributed by atoms with van der Waals surface area (Å²) < 4.78 is 0. The number of nitrogens with zero attached hydrogens (tertiary/aromatic N) is 1. The molecule has 1 aromatic carbocycles. The average Bonchev–Trinajstić information content (AvgIpc) is 2.52. The Balaban J connectivity index is 2.89. The molecule has 0 aliphatic heterocycles. The number of nitrogens with one attached hydrogen (secondary N) is 1. The van der Waals surface area contributed by atoms with Crippen LogP contribution in [0.5, 0.6) is 0 Å². The van der Waals surface area contributed by atoms with Crippen LogP contribution in [0.25, 0.3) is 0 Å². The summed E-state index contributed by atoms with van der Waals surface area (Å²) in [6.07, 6.45) is 2.00. The van der Waals surface area contributed by atoms with Crippen LogP contribution in [-0.4, -0.2) is 42.3 Å². The molecule has 0 bridgehead atoms. The van der Waals surface area contributed by atoms with Gasteiger partial charge in [-0.25, -0.2) is 0 Å². The Kier molecular flexibility index (Phi) is 6.85. The molecule has 0 spiro atoms. The van der Waals surface area contributed by atoms with Crippen molar-refractivity contribution in [3.05, 3.63) is 35.9 Å². The van der Waals surface area contributed by atoms with Crippen LogP contribution in [-0.2, 0) is 5.54 Å². The molecule has 1 unspecified atom stereocenters. The number of hydrogen-bond acceptors (Lipinski definition) is 3. The zero-order chi connectivity index (χ0) is 15.9. The molecule has 3 heteroatoms. The van der Waals surface area contributed by atoms with Crippen LogP contribution in [0.1, 0.15) is 46.1 Å². The predicted molar refractivity (Wildman–Crippen MR) is 90.5 cm³/mol. The molecule has 0 amide bonds. The molecule has 1 aromatic rings. The molecule has 1 atom stereocenters. The lowest BCUT2D eigenvalue weighted by Crippen LogP contribution is -2.50. The molecule has 0 radical (unpaired) electrons. The Morgan fingerprint density at radius 1 is 1.14 bits per heavy atom. The van der Waals surface area contributed by atoms with Crippen molar-refractivity contribution in [3.63, 3.8) is 0 Å². The largest absolute Gasteiger partial charge is 0.394 e. The molecule has 0 saturated heterocycles. The van der Waals surface area contributed by atoms with E-state index in [2.05, 4.69) is 57.1 Å². The summed E-state index contributed by atoms with van der Waals surface area (Å²) in [5.41, 5.74) is 0.995. The van der Waals surface area contributed by atoms with Crippen LogP contribution in [0.3, 0.4) is 0 Å². The van der Waals surface area contributed by atoms with Gasteiger partial charge in [0.15, 0.2) is 0 Å². The van der Waals surface area contributed by atoms with Crippen molar-refractivity contribution >= 4 is 0 Å². The SMILES string of the molecule is CCNC(CO)(CCN(C)C(C)(C)CC)c1ccccc1. The summed E-state index contributed by atoms with van der Waals surface area (Å²) in [4.78, 5) is 2.39. The van der Waals surface area contributed by atoms with E-state index in [0.29, 0.717) is 0 Å². The zero-order valence-electron chi connectivity index (χ0n) is 14.3. The summed E-state index contributed by atoms with van der Waals surface area (Å²) in [7, 11) is 2.17. The van der Waals surface area contributed by atoms with Crippen molar-refractivity contribution in [1.82, 2.24) is 10.2 Å². The first-order chi connectivity index (χ1) is 9.91. The normalized spacial score (nSPS) is 15.2. The van der Waals surface area contributed by atoms with E-state index in [9.17, 15) is 5.11 Å². The molecular formula is C18H32N2O. The quantitative estimate of drug-likeness (QED) is 0.734. The number of benzene rings is 1. The maximum absolute atomic E-state index is 10.1. The summed E-state index contributed by atoms with van der Waals surface area (Å²) in [6.45, 7) is 10.8. The molecule has 3 nitrogen and oxygen atoms in total. The first-order valence-corrected chi connectivity index (χ1v) is 8.04. The molecule has 2 N–H and O–H groups in total. The number of likely N-dealkylation sites (N-methyl/N-ethyl adjacent to an activating group) is 1. The lowest BCUT2D eigenvalue weighted by atomic mass is 9.86. The Labute approximate surface area is 130 Å². The third-order valence-corrected chi connectivity index (χ3v) is 4.88. The molecule has 0 heterocycles. The second-order valence-corrected chi connectivity index (χ2v) is 6.47. The smallest absolute Gasteiger partial charge is 0.0681 e. The minimum atomic E-state index is -0.353. The van der Waals surface area contributed by atoms with Crippen LogP contribution in [0.15, 0.2) is 30.3 Å². The van der Waals surface area contributed by atoms with Gasteiger partial charge >= 0.3 is 0 Å². The third-order valence-electron chi connectivity index (χ3n) is 4.88. The third kappa shape index (κ3) is 4.53. The Bertz CT molecular complexity index is 405. The van der Waals surface area contributed by atoms with E-state index in [1.165, 1.54) is 0 Å². The van der Waals surface area contributed by atoms with Crippen molar-refractivity contribution in [2.45, 2.75) is 51.6 Å². The van der Waals surface area contributed by atoms with Gasteiger partial charge in [0.2, 0.25) is 0 Å². The molecule has 120 valence electrons. The monoisotopic (exact) mass is 292 g/mol. The number of hydrogen-bond donors (Lipinski definition) is 2. The molecule has 0 aromatic heterocycles. The topological polar surface area (TPSA) is 35.5 Å². The first kappa shape index (κ1) is 18.1. The van der Waals surface area contributed by atoms with E-state index in [-0.39, 0.29) is 17.7 Å². The summed E-state index contributed by atoms with van der Waals surface area (Å²) >= 11 is 0. The highest BCUT2D eigenvalue weighted by atomic mass is 16.3. The van der Waals surface area contributed by atoms with Crippen LogP contribution in [0.4, 0.5) is 0 Å². The van der Waals surface area contributed by atoms with E-state index in [0.717, 1.165) is 31.5 Å². The van der Waals surface area contributed by atoms with Crippen LogP contribution in [0.2, 0.25) is 0 Å². The molecule has 21 heavy (non-hydrogen) atoms. The highest BCUT2D eigenvalue weighted by Crippen LogP contribution is 2.27.